The van der Waals surface area contributed by atoms with Crippen molar-refractivity contribution in [2.75, 3.05) is 26.7 Å². The smallest absolute Gasteiger partial charge is 0.242 e. The molecule has 5 heteroatoms. The number of hydrogen-bond acceptors (Lipinski definition) is 4. The number of carbonyl (C=O) groups is 1. The van der Waals surface area contributed by atoms with Crippen molar-refractivity contribution in [3.05, 3.63) is 35.9 Å². The third kappa shape index (κ3) is 5.30. The zero-order chi connectivity index (χ0) is 16.7. The van der Waals surface area contributed by atoms with Gasteiger partial charge in [-0.1, -0.05) is 30.3 Å². The number of ether oxygens (including phenoxy) is 1. The van der Waals surface area contributed by atoms with E-state index in [0.29, 0.717) is 6.61 Å². The second-order valence-electron chi connectivity index (χ2n) is 6.56. The zero-order valence-electron chi connectivity index (χ0n) is 14.1. The molecule has 0 aromatic heterocycles. The Kier molecular flexibility index (Phi) is 6.57. The Balaban J connectivity index is 1.73. The molecule has 1 fully saturated rings. The van der Waals surface area contributed by atoms with Gasteiger partial charge in [0.15, 0.2) is 0 Å². The summed E-state index contributed by atoms with van der Waals surface area (Å²) < 4.78 is 5.53. The highest BCUT2D eigenvalue weighted by atomic mass is 16.5. The lowest BCUT2D eigenvalue weighted by Gasteiger charge is -2.37. The summed E-state index contributed by atoms with van der Waals surface area (Å²) in [4.78, 5) is 14.2. The maximum atomic E-state index is 12.6. The average molecular weight is 320 g/mol. The monoisotopic (exact) mass is 320 g/mol. The van der Waals surface area contributed by atoms with Gasteiger partial charge in [-0.05, 0) is 38.3 Å². The third-order valence-corrected chi connectivity index (χ3v) is 4.34. The molecule has 23 heavy (non-hydrogen) atoms. The quantitative estimate of drug-likeness (QED) is 0.800. The van der Waals surface area contributed by atoms with Crippen molar-refractivity contribution in [1.82, 2.24) is 10.2 Å². The van der Waals surface area contributed by atoms with Crippen molar-refractivity contribution < 1.29 is 14.6 Å². The number of rotatable bonds is 7. The number of benzene rings is 1. The van der Waals surface area contributed by atoms with Crippen molar-refractivity contribution >= 4 is 5.91 Å². The first kappa shape index (κ1) is 17.9. The third-order valence-electron chi connectivity index (χ3n) is 4.34. The molecule has 2 unspecified atom stereocenters. The number of amides is 1. The Morgan fingerprint density at radius 1 is 1.39 bits per heavy atom. The highest BCUT2D eigenvalue weighted by Gasteiger charge is 2.36. The molecule has 2 rings (SSSR count). The molecule has 0 radical (unpaired) electrons. The summed E-state index contributed by atoms with van der Waals surface area (Å²) in [5, 5.41) is 13.4. The first-order chi connectivity index (χ1) is 11.0. The van der Waals surface area contributed by atoms with Gasteiger partial charge in [-0.15, -0.1) is 0 Å². The van der Waals surface area contributed by atoms with E-state index in [1.165, 1.54) is 0 Å². The molecular weight excluding hydrogens is 292 g/mol. The molecule has 1 aliphatic rings. The SMILES string of the molecule is CN(CC(O)COCc1ccccc1)C(=O)C1(C)CCCCN1. The van der Waals surface area contributed by atoms with E-state index in [0.717, 1.165) is 31.4 Å². The first-order valence-electron chi connectivity index (χ1n) is 8.31. The highest BCUT2D eigenvalue weighted by molar-refractivity contribution is 5.85. The summed E-state index contributed by atoms with van der Waals surface area (Å²) >= 11 is 0. The predicted molar refractivity (Wildman–Crippen MR) is 90.0 cm³/mol. The molecule has 5 nitrogen and oxygen atoms in total. The van der Waals surface area contributed by atoms with Crippen LogP contribution in [0.5, 0.6) is 0 Å². The van der Waals surface area contributed by atoms with E-state index >= 15 is 0 Å². The van der Waals surface area contributed by atoms with Crippen molar-refractivity contribution in [2.24, 2.45) is 0 Å². The minimum atomic E-state index is -0.681. The highest BCUT2D eigenvalue weighted by Crippen LogP contribution is 2.20. The molecule has 0 bridgehead atoms. The number of hydrogen-bond donors (Lipinski definition) is 2. The fourth-order valence-electron chi connectivity index (χ4n) is 3.00. The molecule has 2 N–H and O–H groups in total. The largest absolute Gasteiger partial charge is 0.389 e. The fourth-order valence-corrected chi connectivity index (χ4v) is 3.00. The van der Waals surface area contributed by atoms with Crippen molar-refractivity contribution in [3.8, 4) is 0 Å². The summed E-state index contributed by atoms with van der Waals surface area (Å²) in [5.74, 6) is 0.0410. The molecule has 1 saturated heterocycles. The molecule has 2 atom stereocenters. The molecule has 0 spiro atoms. The van der Waals surface area contributed by atoms with E-state index < -0.39 is 11.6 Å². The van der Waals surface area contributed by atoms with E-state index in [4.69, 9.17) is 4.74 Å². The van der Waals surface area contributed by atoms with Gasteiger partial charge in [-0.25, -0.2) is 0 Å². The van der Waals surface area contributed by atoms with E-state index in [-0.39, 0.29) is 19.1 Å². The Morgan fingerprint density at radius 3 is 2.78 bits per heavy atom. The topological polar surface area (TPSA) is 61.8 Å². The maximum absolute atomic E-state index is 12.6. The molecular formula is C18H28N2O3. The molecule has 128 valence electrons. The fraction of sp³-hybridized carbons (Fsp3) is 0.611. The normalized spacial score (nSPS) is 22.6. The van der Waals surface area contributed by atoms with Gasteiger partial charge >= 0.3 is 0 Å². The lowest BCUT2D eigenvalue weighted by Crippen LogP contribution is -2.58. The van der Waals surface area contributed by atoms with Crippen LogP contribution < -0.4 is 5.32 Å². The number of aliphatic hydroxyl groups is 1. The van der Waals surface area contributed by atoms with Gasteiger partial charge in [0, 0.05) is 13.6 Å². The number of aliphatic hydroxyl groups excluding tert-OH is 1. The van der Waals surface area contributed by atoms with Crippen LogP contribution in [0.25, 0.3) is 0 Å². The van der Waals surface area contributed by atoms with Gasteiger partial charge in [0.1, 0.15) is 0 Å². The van der Waals surface area contributed by atoms with Crippen LogP contribution in [-0.4, -0.2) is 54.3 Å². The first-order valence-corrected chi connectivity index (χ1v) is 8.31. The number of nitrogens with one attached hydrogen (secondary N) is 1. The van der Waals surface area contributed by atoms with Crippen LogP contribution in [0, 0.1) is 0 Å². The van der Waals surface area contributed by atoms with E-state index in [1.54, 1.807) is 11.9 Å². The Hall–Kier alpha value is -1.43. The van der Waals surface area contributed by atoms with Gasteiger partial charge in [-0.3, -0.25) is 4.79 Å². The van der Waals surface area contributed by atoms with Crippen LogP contribution in [0.2, 0.25) is 0 Å². The zero-order valence-corrected chi connectivity index (χ0v) is 14.1. The van der Waals surface area contributed by atoms with Gasteiger partial charge in [-0.2, -0.15) is 0 Å². The van der Waals surface area contributed by atoms with Crippen molar-refractivity contribution in [2.45, 2.75) is 44.4 Å². The average Bonchev–Trinajstić information content (AvgIpc) is 2.55. The van der Waals surface area contributed by atoms with Crippen LogP contribution in [-0.2, 0) is 16.1 Å². The van der Waals surface area contributed by atoms with E-state index in [9.17, 15) is 9.90 Å². The summed E-state index contributed by atoms with van der Waals surface area (Å²) in [6.45, 7) is 3.79. The van der Waals surface area contributed by atoms with Crippen LogP contribution in [0.3, 0.4) is 0 Å². The van der Waals surface area contributed by atoms with Gasteiger partial charge in [0.05, 0.1) is 24.9 Å². The van der Waals surface area contributed by atoms with Crippen LogP contribution in [0.1, 0.15) is 31.7 Å². The minimum Gasteiger partial charge on any atom is -0.389 e. The number of piperidine rings is 1. The van der Waals surface area contributed by atoms with Gasteiger partial charge in [0.2, 0.25) is 5.91 Å². The second kappa shape index (κ2) is 8.43. The molecule has 0 saturated carbocycles. The van der Waals surface area contributed by atoms with E-state index in [1.807, 2.05) is 37.3 Å². The standard InChI is InChI=1S/C18H28N2O3/c1-18(10-6-7-11-19-18)17(22)20(2)12-16(21)14-23-13-15-8-4-3-5-9-15/h3-5,8-9,16,19,21H,6-7,10-14H2,1-2H3. The summed E-state index contributed by atoms with van der Waals surface area (Å²) in [6, 6.07) is 9.84. The van der Waals surface area contributed by atoms with Crippen LogP contribution in [0.15, 0.2) is 30.3 Å². The second-order valence-corrected chi connectivity index (χ2v) is 6.56. The van der Waals surface area contributed by atoms with Gasteiger partial charge < -0.3 is 20.1 Å². The van der Waals surface area contributed by atoms with Crippen molar-refractivity contribution in [3.63, 3.8) is 0 Å². The number of carbonyl (C=O) groups excluding carboxylic acids is 1. The molecule has 0 aliphatic carbocycles. The molecule has 1 aromatic carbocycles. The lowest BCUT2D eigenvalue weighted by atomic mass is 9.89. The molecule has 1 amide bonds. The molecule has 1 aromatic rings. The Morgan fingerprint density at radius 2 is 2.13 bits per heavy atom. The summed E-state index contributed by atoms with van der Waals surface area (Å²) in [7, 11) is 1.74. The summed E-state index contributed by atoms with van der Waals surface area (Å²) in [5.41, 5.74) is 0.570. The van der Waals surface area contributed by atoms with Crippen LogP contribution in [0.4, 0.5) is 0 Å². The number of likely N-dealkylation sites (N-methyl/N-ethyl adjacent to an activating group) is 1. The molecule has 1 aliphatic heterocycles. The Bertz CT molecular complexity index is 486. The lowest BCUT2D eigenvalue weighted by molar-refractivity contribution is -0.139. The van der Waals surface area contributed by atoms with Gasteiger partial charge in [0.25, 0.3) is 0 Å². The number of nitrogens with zero attached hydrogens (tertiary/aromatic N) is 1. The maximum Gasteiger partial charge on any atom is 0.242 e. The summed E-state index contributed by atoms with van der Waals surface area (Å²) in [6.07, 6.45) is 2.34. The van der Waals surface area contributed by atoms with Crippen LogP contribution >= 0.6 is 0 Å². The van der Waals surface area contributed by atoms with E-state index in [2.05, 4.69) is 5.32 Å². The molecule has 1 heterocycles. The minimum absolute atomic E-state index is 0.0410. The van der Waals surface area contributed by atoms with Crippen molar-refractivity contribution in [1.29, 1.82) is 0 Å². The predicted octanol–water partition coefficient (Wildman–Crippen LogP) is 1.55. The Labute approximate surface area is 138 Å².